The Morgan fingerprint density at radius 3 is 2.83 bits per heavy atom. The molecule has 1 amide bonds. The summed E-state index contributed by atoms with van der Waals surface area (Å²) in [5, 5.41) is 1.21. The minimum absolute atomic E-state index is 0.0247. The third-order valence-electron chi connectivity index (χ3n) is 4.88. The Balaban J connectivity index is 1.61. The van der Waals surface area contributed by atoms with E-state index < -0.39 is 0 Å². The van der Waals surface area contributed by atoms with Crippen molar-refractivity contribution in [2.45, 2.75) is 39.2 Å². The molecule has 1 N–H and O–H groups in total. The number of nitrogens with one attached hydrogen (secondary N) is 1. The number of H-pyrrole nitrogens is 1. The predicted molar refractivity (Wildman–Crippen MR) is 94.2 cm³/mol. The normalized spacial score (nSPS) is 13.9. The van der Waals surface area contributed by atoms with Gasteiger partial charge in [0.15, 0.2) is 0 Å². The number of carbonyl (C=O) groups excluding carboxylic acids is 1. The van der Waals surface area contributed by atoms with Crippen molar-refractivity contribution in [1.29, 1.82) is 0 Å². The molecule has 124 valence electrons. The molecular weight excluding hydrogens is 300 g/mol. The molecule has 3 aromatic rings. The molecule has 0 saturated heterocycles. The van der Waals surface area contributed by atoms with Gasteiger partial charge in [0.2, 0.25) is 0 Å². The topological polar surface area (TPSA) is 49.2 Å². The molecule has 0 saturated carbocycles. The number of carbonyl (C=O) groups is 1. The van der Waals surface area contributed by atoms with E-state index in [0.717, 1.165) is 35.4 Å². The van der Waals surface area contributed by atoms with Crippen molar-refractivity contribution in [1.82, 2.24) is 9.88 Å². The molecule has 1 aliphatic carbocycles. The Morgan fingerprint density at radius 1 is 1.21 bits per heavy atom. The van der Waals surface area contributed by atoms with Gasteiger partial charge in [-0.1, -0.05) is 0 Å². The number of nitrogens with zero attached hydrogens (tertiary/aromatic N) is 1. The Labute approximate surface area is 141 Å². The van der Waals surface area contributed by atoms with E-state index >= 15 is 0 Å². The minimum Gasteiger partial charge on any atom is -0.464 e. The minimum atomic E-state index is 0.0247. The predicted octanol–water partition coefficient (Wildman–Crippen LogP) is 4.22. The molecule has 0 bridgehead atoms. The Hall–Kier alpha value is -2.49. The lowest BCUT2D eigenvalue weighted by atomic mass is 9.95. The van der Waals surface area contributed by atoms with Gasteiger partial charge in [-0.15, -0.1) is 0 Å². The average Bonchev–Trinajstić information content (AvgIpc) is 3.16. The number of amides is 1. The van der Waals surface area contributed by atoms with Crippen LogP contribution in [-0.2, 0) is 19.4 Å². The number of aromatic amines is 1. The van der Waals surface area contributed by atoms with Gasteiger partial charge in [0, 0.05) is 29.2 Å². The molecule has 24 heavy (non-hydrogen) atoms. The Kier molecular flexibility index (Phi) is 3.68. The molecule has 0 atom stereocenters. The zero-order chi connectivity index (χ0) is 16.7. The van der Waals surface area contributed by atoms with Crippen molar-refractivity contribution >= 4 is 16.8 Å². The van der Waals surface area contributed by atoms with Crippen LogP contribution in [0.1, 0.15) is 46.0 Å². The van der Waals surface area contributed by atoms with E-state index in [9.17, 15) is 4.79 Å². The van der Waals surface area contributed by atoms with Crippen molar-refractivity contribution in [2.75, 3.05) is 7.05 Å². The van der Waals surface area contributed by atoms with Gasteiger partial charge < -0.3 is 14.3 Å². The van der Waals surface area contributed by atoms with Gasteiger partial charge in [-0.25, -0.2) is 0 Å². The fourth-order valence-corrected chi connectivity index (χ4v) is 3.64. The van der Waals surface area contributed by atoms with E-state index in [1.54, 1.807) is 4.90 Å². The van der Waals surface area contributed by atoms with Crippen molar-refractivity contribution in [3.63, 3.8) is 0 Å². The molecule has 1 aliphatic rings. The summed E-state index contributed by atoms with van der Waals surface area (Å²) in [5.74, 6) is 1.70. The standard InChI is InChI=1S/C20H22N2O2/c1-13-7-9-15(24-13)12-22(2)20(23)14-8-10-19-17(11-14)16-5-3-4-6-18(16)21-19/h7-11,21H,3-6,12H2,1-2H3. The first-order valence-corrected chi connectivity index (χ1v) is 8.56. The number of hydrogen-bond acceptors (Lipinski definition) is 2. The Morgan fingerprint density at radius 2 is 2.04 bits per heavy atom. The second-order valence-electron chi connectivity index (χ2n) is 6.72. The second-order valence-corrected chi connectivity index (χ2v) is 6.72. The number of rotatable bonds is 3. The summed E-state index contributed by atoms with van der Waals surface area (Å²) in [4.78, 5) is 18.0. The van der Waals surface area contributed by atoms with Crippen LogP contribution in [0.4, 0.5) is 0 Å². The largest absolute Gasteiger partial charge is 0.464 e. The fraction of sp³-hybridized carbons (Fsp3) is 0.350. The van der Waals surface area contributed by atoms with Crippen molar-refractivity contribution < 1.29 is 9.21 Å². The molecule has 4 nitrogen and oxygen atoms in total. The van der Waals surface area contributed by atoms with Gasteiger partial charge in [0.05, 0.1) is 6.54 Å². The van der Waals surface area contributed by atoms with E-state index in [1.165, 1.54) is 29.5 Å². The second kappa shape index (κ2) is 5.86. The van der Waals surface area contributed by atoms with Crippen LogP contribution >= 0.6 is 0 Å². The third kappa shape index (κ3) is 2.62. The lowest BCUT2D eigenvalue weighted by molar-refractivity contribution is 0.0775. The van der Waals surface area contributed by atoms with Crippen LogP contribution in [0.5, 0.6) is 0 Å². The monoisotopic (exact) mass is 322 g/mol. The quantitative estimate of drug-likeness (QED) is 0.785. The van der Waals surface area contributed by atoms with E-state index in [2.05, 4.69) is 4.98 Å². The lowest BCUT2D eigenvalue weighted by Crippen LogP contribution is -2.25. The highest BCUT2D eigenvalue weighted by Crippen LogP contribution is 2.30. The maximum absolute atomic E-state index is 12.8. The van der Waals surface area contributed by atoms with Gasteiger partial charge in [-0.05, 0) is 68.5 Å². The summed E-state index contributed by atoms with van der Waals surface area (Å²) in [6.07, 6.45) is 4.70. The van der Waals surface area contributed by atoms with Gasteiger partial charge >= 0.3 is 0 Å². The first-order valence-electron chi connectivity index (χ1n) is 8.56. The number of hydrogen-bond donors (Lipinski definition) is 1. The van der Waals surface area contributed by atoms with Crippen LogP contribution in [0.25, 0.3) is 10.9 Å². The number of aromatic nitrogens is 1. The van der Waals surface area contributed by atoms with E-state index in [-0.39, 0.29) is 5.91 Å². The molecule has 0 fully saturated rings. The molecule has 2 aromatic heterocycles. The highest BCUT2D eigenvalue weighted by atomic mass is 16.3. The molecule has 0 aliphatic heterocycles. The van der Waals surface area contributed by atoms with E-state index in [1.807, 2.05) is 44.3 Å². The van der Waals surface area contributed by atoms with Gasteiger partial charge in [0.1, 0.15) is 11.5 Å². The van der Waals surface area contributed by atoms with Crippen LogP contribution in [-0.4, -0.2) is 22.8 Å². The fourth-order valence-electron chi connectivity index (χ4n) is 3.64. The summed E-state index contributed by atoms with van der Waals surface area (Å²) < 4.78 is 5.57. The molecule has 2 heterocycles. The summed E-state index contributed by atoms with van der Waals surface area (Å²) in [5.41, 5.74) is 4.62. The van der Waals surface area contributed by atoms with Crippen LogP contribution in [0, 0.1) is 6.92 Å². The van der Waals surface area contributed by atoms with Crippen LogP contribution in [0.2, 0.25) is 0 Å². The molecular formula is C20H22N2O2. The smallest absolute Gasteiger partial charge is 0.254 e. The van der Waals surface area contributed by atoms with Gasteiger partial charge in [-0.3, -0.25) is 4.79 Å². The maximum atomic E-state index is 12.8. The van der Waals surface area contributed by atoms with E-state index in [0.29, 0.717) is 6.54 Å². The SMILES string of the molecule is Cc1ccc(CN(C)C(=O)c2ccc3[nH]c4c(c3c2)CCCC4)o1. The van der Waals surface area contributed by atoms with Gasteiger partial charge in [0.25, 0.3) is 5.91 Å². The number of benzene rings is 1. The summed E-state index contributed by atoms with van der Waals surface area (Å²) in [6.45, 7) is 2.39. The zero-order valence-corrected chi connectivity index (χ0v) is 14.2. The highest BCUT2D eigenvalue weighted by Gasteiger charge is 2.18. The average molecular weight is 322 g/mol. The van der Waals surface area contributed by atoms with Crippen LogP contribution in [0.3, 0.4) is 0 Å². The lowest BCUT2D eigenvalue weighted by Gasteiger charge is -2.16. The van der Waals surface area contributed by atoms with Crippen molar-refractivity contribution in [2.24, 2.45) is 0 Å². The Bertz CT molecular complexity index is 904. The first kappa shape index (κ1) is 15.1. The number of aryl methyl sites for hydroxylation is 3. The summed E-state index contributed by atoms with van der Waals surface area (Å²) in [7, 11) is 1.82. The van der Waals surface area contributed by atoms with Crippen molar-refractivity contribution in [3.8, 4) is 0 Å². The molecule has 1 aromatic carbocycles. The summed E-state index contributed by atoms with van der Waals surface area (Å²) in [6, 6.07) is 9.83. The van der Waals surface area contributed by atoms with Gasteiger partial charge in [-0.2, -0.15) is 0 Å². The molecule has 4 rings (SSSR count). The van der Waals surface area contributed by atoms with Crippen molar-refractivity contribution in [3.05, 3.63) is 58.7 Å². The molecule has 0 spiro atoms. The number of furan rings is 1. The third-order valence-corrected chi connectivity index (χ3v) is 4.88. The van der Waals surface area contributed by atoms with Crippen LogP contribution < -0.4 is 0 Å². The number of fused-ring (bicyclic) bond motifs is 3. The van der Waals surface area contributed by atoms with E-state index in [4.69, 9.17) is 4.42 Å². The van der Waals surface area contributed by atoms with Crippen LogP contribution in [0.15, 0.2) is 34.7 Å². The first-order chi connectivity index (χ1) is 11.6. The molecule has 0 unspecified atom stereocenters. The molecule has 4 heteroatoms. The molecule has 0 radical (unpaired) electrons. The zero-order valence-electron chi connectivity index (χ0n) is 14.2. The highest BCUT2D eigenvalue weighted by molar-refractivity contribution is 5.99. The summed E-state index contributed by atoms with van der Waals surface area (Å²) >= 11 is 0. The maximum Gasteiger partial charge on any atom is 0.254 e.